The summed E-state index contributed by atoms with van der Waals surface area (Å²) in [6.07, 6.45) is -3.16. The van der Waals surface area contributed by atoms with Crippen LogP contribution in [-0.4, -0.2) is 12.0 Å². The van der Waals surface area contributed by atoms with Crippen LogP contribution in [0.15, 0.2) is 54.1 Å². The first kappa shape index (κ1) is 20.0. The monoisotopic (exact) mass is 374 g/mol. The predicted molar refractivity (Wildman–Crippen MR) is 95.9 cm³/mol. The number of halogens is 3. The van der Waals surface area contributed by atoms with E-state index < -0.39 is 17.6 Å². The maximum atomic E-state index is 12.7. The van der Waals surface area contributed by atoms with Crippen molar-refractivity contribution in [3.63, 3.8) is 0 Å². The molecule has 1 amide bonds. The van der Waals surface area contributed by atoms with Gasteiger partial charge in [0.25, 0.3) is 5.91 Å². The maximum Gasteiger partial charge on any atom is 0.416 e. The van der Waals surface area contributed by atoms with E-state index in [0.29, 0.717) is 11.3 Å². The van der Waals surface area contributed by atoms with Gasteiger partial charge >= 0.3 is 6.18 Å². The van der Waals surface area contributed by atoms with Crippen LogP contribution in [0.4, 0.5) is 18.9 Å². The summed E-state index contributed by atoms with van der Waals surface area (Å²) in [5, 5.41) is 11.5. The number of hydrogen-bond donors (Lipinski definition) is 1. The molecule has 0 saturated carbocycles. The third-order valence-corrected chi connectivity index (χ3v) is 3.38. The number of carbonyl (C=O) groups excluding carboxylic acids is 1. The molecule has 0 heterocycles. The molecule has 140 valence electrons. The smallest absolute Gasteiger partial charge is 0.416 e. The van der Waals surface area contributed by atoms with Gasteiger partial charge in [-0.2, -0.15) is 18.4 Å². The molecule has 1 N–H and O–H groups in total. The number of alkyl halides is 3. The highest BCUT2D eigenvalue weighted by atomic mass is 19.4. The quantitative estimate of drug-likeness (QED) is 0.589. The average molecular weight is 374 g/mol. The van der Waals surface area contributed by atoms with Gasteiger partial charge in [-0.25, -0.2) is 0 Å². The van der Waals surface area contributed by atoms with Gasteiger partial charge in [-0.1, -0.05) is 18.2 Å². The minimum atomic E-state index is -4.52. The van der Waals surface area contributed by atoms with Crippen LogP contribution >= 0.6 is 0 Å². The Labute approximate surface area is 154 Å². The number of anilines is 1. The number of carbonyl (C=O) groups is 1. The normalized spacial score (nSPS) is 11.8. The van der Waals surface area contributed by atoms with Crippen LogP contribution in [0, 0.1) is 11.3 Å². The lowest BCUT2D eigenvalue weighted by molar-refractivity contribution is -0.137. The van der Waals surface area contributed by atoms with Gasteiger partial charge in [0.05, 0.1) is 11.7 Å². The molecular formula is C20H17F3N2O2. The van der Waals surface area contributed by atoms with Crippen LogP contribution in [0.3, 0.4) is 0 Å². The van der Waals surface area contributed by atoms with Gasteiger partial charge in [0.1, 0.15) is 17.4 Å². The van der Waals surface area contributed by atoms with Crippen LogP contribution in [0.2, 0.25) is 0 Å². The van der Waals surface area contributed by atoms with E-state index in [9.17, 15) is 23.2 Å². The summed E-state index contributed by atoms with van der Waals surface area (Å²) in [7, 11) is 0. The molecule has 2 aromatic rings. The van der Waals surface area contributed by atoms with Gasteiger partial charge in [0.2, 0.25) is 0 Å². The van der Waals surface area contributed by atoms with Crippen molar-refractivity contribution in [2.75, 3.05) is 5.32 Å². The van der Waals surface area contributed by atoms with Crippen molar-refractivity contribution in [1.82, 2.24) is 0 Å². The number of hydrogen-bond acceptors (Lipinski definition) is 3. The Balaban J connectivity index is 2.16. The number of amides is 1. The molecule has 0 aromatic heterocycles. The van der Waals surface area contributed by atoms with Crippen molar-refractivity contribution in [1.29, 1.82) is 5.26 Å². The fourth-order valence-electron chi connectivity index (χ4n) is 2.20. The second-order valence-electron chi connectivity index (χ2n) is 5.94. The Hall–Kier alpha value is -3.27. The zero-order valence-corrected chi connectivity index (χ0v) is 14.7. The molecule has 2 rings (SSSR count). The largest absolute Gasteiger partial charge is 0.491 e. The number of ether oxygens (including phenoxy) is 1. The molecule has 0 saturated heterocycles. The number of nitrogens with one attached hydrogen (secondary N) is 1. The Bertz CT molecular complexity index is 879. The fourth-order valence-corrected chi connectivity index (χ4v) is 2.20. The highest BCUT2D eigenvalue weighted by Gasteiger charge is 2.30. The van der Waals surface area contributed by atoms with E-state index in [1.54, 1.807) is 30.3 Å². The van der Waals surface area contributed by atoms with Crippen LogP contribution in [0.25, 0.3) is 6.08 Å². The summed E-state index contributed by atoms with van der Waals surface area (Å²) in [6.45, 7) is 3.78. The Morgan fingerprint density at radius 2 is 1.85 bits per heavy atom. The molecule has 0 bridgehead atoms. The minimum absolute atomic E-state index is 0.0132. The van der Waals surface area contributed by atoms with Crippen molar-refractivity contribution in [2.24, 2.45) is 0 Å². The number of rotatable bonds is 5. The van der Waals surface area contributed by atoms with Crippen LogP contribution < -0.4 is 10.1 Å². The number of nitrogens with zero attached hydrogens (tertiary/aromatic N) is 1. The van der Waals surface area contributed by atoms with Crippen molar-refractivity contribution in [3.05, 3.63) is 65.2 Å². The zero-order valence-electron chi connectivity index (χ0n) is 14.7. The zero-order chi connectivity index (χ0) is 20.0. The lowest BCUT2D eigenvalue weighted by Gasteiger charge is -2.10. The highest BCUT2D eigenvalue weighted by molar-refractivity contribution is 6.09. The van der Waals surface area contributed by atoms with Crippen LogP contribution in [0.5, 0.6) is 5.75 Å². The highest BCUT2D eigenvalue weighted by Crippen LogP contribution is 2.30. The fraction of sp³-hybridized carbons (Fsp3) is 0.200. The maximum absolute atomic E-state index is 12.7. The van der Waals surface area contributed by atoms with Gasteiger partial charge in [0, 0.05) is 5.69 Å². The Morgan fingerprint density at radius 3 is 2.41 bits per heavy atom. The van der Waals surface area contributed by atoms with Crippen molar-refractivity contribution < 1.29 is 22.7 Å². The summed E-state index contributed by atoms with van der Waals surface area (Å²) in [5.41, 5.74) is -0.577. The predicted octanol–water partition coefficient (Wildman–Crippen LogP) is 5.04. The summed E-state index contributed by atoms with van der Waals surface area (Å²) in [6, 6.07) is 12.7. The second-order valence-corrected chi connectivity index (χ2v) is 5.94. The third-order valence-electron chi connectivity index (χ3n) is 3.38. The topological polar surface area (TPSA) is 62.1 Å². The van der Waals surface area contributed by atoms with Crippen molar-refractivity contribution >= 4 is 17.7 Å². The SMILES string of the molecule is CC(C)Oc1ccc(/C=C(\C#N)C(=O)Nc2cccc(C(F)(F)F)c2)cc1. The first-order chi connectivity index (χ1) is 12.7. The van der Waals surface area contributed by atoms with Gasteiger partial charge < -0.3 is 10.1 Å². The summed E-state index contributed by atoms with van der Waals surface area (Å²) < 4.78 is 43.7. The molecule has 7 heteroatoms. The molecule has 0 spiro atoms. The third kappa shape index (κ3) is 5.89. The standard InChI is InChI=1S/C20H17F3N2O2/c1-13(2)27-18-8-6-14(7-9-18)10-15(12-24)19(26)25-17-5-3-4-16(11-17)20(21,22)23/h3-11,13H,1-2H3,(H,25,26)/b15-10+. The molecule has 27 heavy (non-hydrogen) atoms. The molecule has 0 aliphatic rings. The lowest BCUT2D eigenvalue weighted by Crippen LogP contribution is -2.14. The molecule has 0 fully saturated rings. The van der Waals surface area contributed by atoms with Crippen molar-refractivity contribution in [3.8, 4) is 11.8 Å². The Kier molecular flexibility index (Phi) is 6.24. The van der Waals surface area contributed by atoms with E-state index in [1.165, 1.54) is 18.2 Å². The van der Waals surface area contributed by atoms with E-state index >= 15 is 0 Å². The summed E-state index contributed by atoms with van der Waals surface area (Å²) in [5.74, 6) is -0.145. The van der Waals surface area contributed by atoms with Gasteiger partial charge in [0.15, 0.2) is 0 Å². The van der Waals surface area contributed by atoms with Gasteiger partial charge in [-0.05, 0) is 55.8 Å². The van der Waals surface area contributed by atoms with E-state index in [1.807, 2.05) is 13.8 Å². The van der Waals surface area contributed by atoms with Gasteiger partial charge in [-0.3, -0.25) is 4.79 Å². The van der Waals surface area contributed by atoms with E-state index in [0.717, 1.165) is 12.1 Å². The second kappa shape index (κ2) is 8.41. The van der Waals surface area contributed by atoms with Crippen LogP contribution in [0.1, 0.15) is 25.0 Å². The molecular weight excluding hydrogens is 357 g/mol. The lowest BCUT2D eigenvalue weighted by atomic mass is 10.1. The molecule has 4 nitrogen and oxygen atoms in total. The average Bonchev–Trinajstić information content (AvgIpc) is 2.60. The molecule has 0 atom stereocenters. The van der Waals surface area contributed by atoms with Gasteiger partial charge in [-0.15, -0.1) is 0 Å². The first-order valence-electron chi connectivity index (χ1n) is 8.06. The molecule has 0 radical (unpaired) electrons. The molecule has 2 aromatic carbocycles. The van der Waals surface area contributed by atoms with Crippen molar-refractivity contribution in [2.45, 2.75) is 26.1 Å². The number of benzene rings is 2. The number of nitriles is 1. The van der Waals surface area contributed by atoms with E-state index in [2.05, 4.69) is 5.32 Å². The van der Waals surface area contributed by atoms with Crippen LogP contribution in [-0.2, 0) is 11.0 Å². The van der Waals surface area contributed by atoms with E-state index in [-0.39, 0.29) is 17.4 Å². The minimum Gasteiger partial charge on any atom is -0.491 e. The summed E-state index contributed by atoms with van der Waals surface area (Å²) >= 11 is 0. The molecule has 0 aliphatic heterocycles. The molecule has 0 unspecified atom stereocenters. The Morgan fingerprint density at radius 1 is 1.19 bits per heavy atom. The molecule has 0 aliphatic carbocycles. The van der Waals surface area contributed by atoms with E-state index in [4.69, 9.17) is 4.74 Å². The summed E-state index contributed by atoms with van der Waals surface area (Å²) in [4.78, 5) is 12.2. The first-order valence-corrected chi connectivity index (χ1v) is 8.06.